The predicted molar refractivity (Wildman–Crippen MR) is 130 cm³/mol. The fraction of sp³-hybridized carbons (Fsp3) is 0.292. The highest BCUT2D eigenvalue weighted by atomic mass is 35.5. The van der Waals surface area contributed by atoms with Gasteiger partial charge in [0.1, 0.15) is 11.0 Å². The molecule has 0 fully saturated rings. The van der Waals surface area contributed by atoms with Gasteiger partial charge in [-0.2, -0.15) is 0 Å². The van der Waals surface area contributed by atoms with E-state index in [1.807, 2.05) is 75.4 Å². The molecule has 8 heteroatoms. The van der Waals surface area contributed by atoms with Gasteiger partial charge in [-0.25, -0.2) is 9.78 Å². The summed E-state index contributed by atoms with van der Waals surface area (Å²) in [5, 5.41) is 9.96. The van der Waals surface area contributed by atoms with Gasteiger partial charge in [-0.3, -0.25) is 4.79 Å². The normalized spacial score (nSPS) is 11.8. The maximum atomic E-state index is 12.8. The lowest BCUT2D eigenvalue weighted by Crippen LogP contribution is -2.52. The first-order chi connectivity index (χ1) is 15.3. The Morgan fingerprint density at radius 3 is 2.34 bits per heavy atom. The van der Waals surface area contributed by atoms with E-state index >= 15 is 0 Å². The highest BCUT2D eigenvalue weighted by molar-refractivity contribution is 7.12. The van der Waals surface area contributed by atoms with E-state index in [0.29, 0.717) is 18.1 Å². The zero-order valence-electron chi connectivity index (χ0n) is 18.3. The molecule has 6 nitrogen and oxygen atoms in total. The number of hydrogen-bond acceptors (Lipinski definition) is 4. The standard InChI is InChI=1S/C24H27ClN4O2S/c1-15(2)21(29-24(31)27-13-17-7-5-4-6-8-17)23(30)26-14-20-28-22(16(3)32-20)18-9-11-19(25)12-10-18/h4-12,15,21H,13-14H2,1-3H3,(H,26,30)(H2,27,29,31). The Bertz CT molecular complexity index is 1050. The Kier molecular flexibility index (Phi) is 8.25. The summed E-state index contributed by atoms with van der Waals surface area (Å²) in [5.41, 5.74) is 2.86. The fourth-order valence-electron chi connectivity index (χ4n) is 3.18. The van der Waals surface area contributed by atoms with Gasteiger partial charge in [0.15, 0.2) is 0 Å². The van der Waals surface area contributed by atoms with Crippen molar-refractivity contribution in [1.82, 2.24) is 20.9 Å². The van der Waals surface area contributed by atoms with Crippen molar-refractivity contribution < 1.29 is 9.59 Å². The number of hydrogen-bond donors (Lipinski definition) is 3. The number of aryl methyl sites for hydroxylation is 1. The van der Waals surface area contributed by atoms with E-state index < -0.39 is 6.04 Å². The van der Waals surface area contributed by atoms with E-state index in [1.165, 1.54) is 11.3 Å². The van der Waals surface area contributed by atoms with Crippen molar-refractivity contribution in [2.75, 3.05) is 0 Å². The first-order valence-electron chi connectivity index (χ1n) is 10.4. The van der Waals surface area contributed by atoms with Gasteiger partial charge >= 0.3 is 6.03 Å². The first kappa shape index (κ1) is 23.8. The predicted octanol–water partition coefficient (Wildman–Crippen LogP) is 4.91. The second-order valence-electron chi connectivity index (χ2n) is 7.77. The van der Waals surface area contributed by atoms with Crippen LogP contribution in [0.3, 0.4) is 0 Å². The van der Waals surface area contributed by atoms with Crippen molar-refractivity contribution in [3.8, 4) is 11.3 Å². The number of rotatable bonds is 8. The highest BCUT2D eigenvalue weighted by Crippen LogP contribution is 2.28. The zero-order valence-corrected chi connectivity index (χ0v) is 19.9. The van der Waals surface area contributed by atoms with Crippen LogP contribution >= 0.6 is 22.9 Å². The second-order valence-corrected chi connectivity index (χ2v) is 9.50. The van der Waals surface area contributed by atoms with Gasteiger partial charge in [0, 0.05) is 22.0 Å². The van der Waals surface area contributed by atoms with Crippen LogP contribution < -0.4 is 16.0 Å². The van der Waals surface area contributed by atoms with Gasteiger partial charge in [-0.05, 0) is 30.5 Å². The lowest BCUT2D eigenvalue weighted by molar-refractivity contribution is -0.124. The van der Waals surface area contributed by atoms with E-state index in [4.69, 9.17) is 11.6 Å². The first-order valence-corrected chi connectivity index (χ1v) is 11.6. The van der Waals surface area contributed by atoms with Crippen LogP contribution in [-0.2, 0) is 17.9 Å². The van der Waals surface area contributed by atoms with E-state index in [2.05, 4.69) is 20.9 Å². The molecule has 1 atom stereocenters. The van der Waals surface area contributed by atoms with Crippen LogP contribution in [0.25, 0.3) is 11.3 Å². The largest absolute Gasteiger partial charge is 0.348 e. The SMILES string of the molecule is Cc1sc(CNC(=O)C(NC(=O)NCc2ccccc2)C(C)C)nc1-c1ccc(Cl)cc1. The van der Waals surface area contributed by atoms with Crippen molar-refractivity contribution >= 4 is 34.9 Å². The van der Waals surface area contributed by atoms with Crippen LogP contribution in [0.1, 0.15) is 29.3 Å². The lowest BCUT2D eigenvalue weighted by atomic mass is 10.0. The molecule has 3 aromatic rings. The van der Waals surface area contributed by atoms with Crippen molar-refractivity contribution in [2.24, 2.45) is 5.92 Å². The smallest absolute Gasteiger partial charge is 0.315 e. The van der Waals surface area contributed by atoms with Gasteiger partial charge in [-0.1, -0.05) is 67.9 Å². The topological polar surface area (TPSA) is 83.1 Å². The molecule has 0 spiro atoms. The maximum absolute atomic E-state index is 12.8. The molecule has 3 rings (SSSR count). The average molecular weight is 471 g/mol. The third-order valence-corrected chi connectivity index (χ3v) is 6.13. The molecule has 0 radical (unpaired) electrons. The van der Waals surface area contributed by atoms with Crippen LogP contribution in [-0.4, -0.2) is 23.0 Å². The summed E-state index contributed by atoms with van der Waals surface area (Å²) >= 11 is 7.51. The number of nitrogens with zero attached hydrogens (tertiary/aromatic N) is 1. The van der Waals surface area contributed by atoms with Crippen LogP contribution in [0.4, 0.5) is 4.79 Å². The van der Waals surface area contributed by atoms with Crippen molar-refractivity contribution in [2.45, 2.75) is 39.9 Å². The summed E-state index contributed by atoms with van der Waals surface area (Å²) in [6, 6.07) is 16.1. The molecule has 0 aliphatic rings. The van der Waals surface area contributed by atoms with E-state index in [0.717, 1.165) is 26.7 Å². The molecule has 0 aliphatic heterocycles. The number of amides is 3. The number of carbonyl (C=O) groups is 2. The molecular formula is C24H27ClN4O2S. The molecule has 0 saturated heterocycles. The molecule has 1 aromatic heterocycles. The highest BCUT2D eigenvalue weighted by Gasteiger charge is 2.24. The van der Waals surface area contributed by atoms with Gasteiger partial charge in [-0.15, -0.1) is 11.3 Å². The molecule has 168 valence electrons. The molecule has 1 heterocycles. The van der Waals surface area contributed by atoms with Gasteiger partial charge < -0.3 is 16.0 Å². The molecule has 0 aliphatic carbocycles. The van der Waals surface area contributed by atoms with E-state index in [1.54, 1.807) is 0 Å². The number of carbonyl (C=O) groups excluding carboxylic acids is 2. The summed E-state index contributed by atoms with van der Waals surface area (Å²) in [5.74, 6) is -0.309. The van der Waals surface area contributed by atoms with E-state index in [9.17, 15) is 9.59 Å². The number of benzene rings is 2. The summed E-state index contributed by atoms with van der Waals surface area (Å²) in [4.78, 5) is 30.8. The molecule has 0 saturated carbocycles. The quantitative estimate of drug-likeness (QED) is 0.437. The molecule has 32 heavy (non-hydrogen) atoms. The molecular weight excluding hydrogens is 444 g/mol. The van der Waals surface area contributed by atoms with Crippen LogP contribution in [0.15, 0.2) is 54.6 Å². The Morgan fingerprint density at radius 1 is 1.00 bits per heavy atom. The zero-order chi connectivity index (χ0) is 23.1. The van der Waals surface area contributed by atoms with Crippen LogP contribution in [0.2, 0.25) is 5.02 Å². The van der Waals surface area contributed by atoms with Crippen LogP contribution in [0, 0.1) is 12.8 Å². The Morgan fingerprint density at radius 2 is 1.69 bits per heavy atom. The fourth-order valence-corrected chi connectivity index (χ4v) is 4.20. The lowest BCUT2D eigenvalue weighted by Gasteiger charge is -2.21. The van der Waals surface area contributed by atoms with Crippen molar-refractivity contribution in [3.05, 3.63) is 75.1 Å². The molecule has 1 unspecified atom stereocenters. The van der Waals surface area contributed by atoms with Crippen molar-refractivity contribution in [3.63, 3.8) is 0 Å². The number of urea groups is 1. The minimum absolute atomic E-state index is 0.0693. The molecule has 3 amide bonds. The Balaban J connectivity index is 1.56. The maximum Gasteiger partial charge on any atom is 0.315 e. The monoisotopic (exact) mass is 470 g/mol. The number of aromatic nitrogens is 1. The van der Waals surface area contributed by atoms with Gasteiger partial charge in [0.2, 0.25) is 5.91 Å². The molecule has 3 N–H and O–H groups in total. The minimum Gasteiger partial charge on any atom is -0.348 e. The van der Waals surface area contributed by atoms with Crippen molar-refractivity contribution in [1.29, 1.82) is 0 Å². The Hall–Kier alpha value is -2.90. The summed E-state index contributed by atoms with van der Waals surface area (Å²) < 4.78 is 0. The second kappa shape index (κ2) is 11.1. The Labute approximate surface area is 197 Å². The molecule has 0 bridgehead atoms. The summed E-state index contributed by atoms with van der Waals surface area (Å²) in [6.07, 6.45) is 0. The molecule has 2 aromatic carbocycles. The summed E-state index contributed by atoms with van der Waals surface area (Å²) in [6.45, 7) is 6.49. The summed E-state index contributed by atoms with van der Waals surface area (Å²) in [7, 11) is 0. The van der Waals surface area contributed by atoms with Gasteiger partial charge in [0.25, 0.3) is 0 Å². The van der Waals surface area contributed by atoms with Crippen LogP contribution in [0.5, 0.6) is 0 Å². The third kappa shape index (κ3) is 6.55. The van der Waals surface area contributed by atoms with E-state index in [-0.39, 0.29) is 17.9 Å². The number of thiazole rings is 1. The third-order valence-electron chi connectivity index (χ3n) is 4.90. The number of nitrogens with one attached hydrogen (secondary N) is 3. The number of halogens is 1. The average Bonchev–Trinajstić information content (AvgIpc) is 3.16. The van der Waals surface area contributed by atoms with Gasteiger partial charge in [0.05, 0.1) is 12.2 Å². The minimum atomic E-state index is -0.650.